The van der Waals surface area contributed by atoms with E-state index in [1.54, 1.807) is 23.9 Å². The number of nitro groups is 1. The van der Waals surface area contributed by atoms with Crippen molar-refractivity contribution in [3.8, 4) is 5.75 Å². The van der Waals surface area contributed by atoms with Gasteiger partial charge in [-0.2, -0.15) is 0 Å². The first kappa shape index (κ1) is 16.2. The predicted octanol–water partition coefficient (Wildman–Crippen LogP) is 5.14. The molecule has 0 saturated heterocycles. The average molecular weight is 411 g/mol. The zero-order chi connectivity index (χ0) is 16.2. The van der Waals surface area contributed by atoms with Crippen LogP contribution < -0.4 is 4.74 Å². The molecule has 5 nitrogen and oxygen atoms in total. The van der Waals surface area contributed by atoms with Crippen LogP contribution in [0.1, 0.15) is 0 Å². The fourth-order valence-corrected chi connectivity index (χ4v) is 4.14. The maximum absolute atomic E-state index is 10.8. The molecule has 2 aromatic carbocycles. The smallest absolute Gasteiger partial charge is 0.270 e. The molecule has 0 fully saturated rings. The minimum absolute atomic E-state index is 0.0938. The van der Waals surface area contributed by atoms with Crippen molar-refractivity contribution in [2.24, 2.45) is 0 Å². The van der Waals surface area contributed by atoms with E-state index in [0.717, 1.165) is 30.5 Å². The molecule has 0 aliphatic carbocycles. The van der Waals surface area contributed by atoms with Gasteiger partial charge in [0.05, 0.1) is 21.7 Å². The van der Waals surface area contributed by atoms with Crippen LogP contribution in [0.3, 0.4) is 0 Å². The molecule has 118 valence electrons. The molecule has 0 saturated carbocycles. The number of hydrogen-bond donors (Lipinski definition) is 0. The van der Waals surface area contributed by atoms with E-state index in [1.165, 1.54) is 17.4 Å². The molecule has 0 atom stereocenters. The largest absolute Gasteiger partial charge is 0.493 e. The van der Waals surface area contributed by atoms with Crippen molar-refractivity contribution in [3.05, 3.63) is 57.1 Å². The van der Waals surface area contributed by atoms with E-state index in [0.29, 0.717) is 6.61 Å². The third-order valence-electron chi connectivity index (χ3n) is 2.95. The molecule has 0 bridgehead atoms. The SMILES string of the molecule is O=[N+]([O-])c1ccc2nc(SCCOc3ccc(Br)cc3)sc2c1. The lowest BCUT2D eigenvalue weighted by Gasteiger charge is -2.04. The van der Waals surface area contributed by atoms with Crippen LogP contribution in [0.4, 0.5) is 5.69 Å². The van der Waals surface area contributed by atoms with Gasteiger partial charge in [-0.15, -0.1) is 11.3 Å². The highest BCUT2D eigenvalue weighted by molar-refractivity contribution is 9.10. The number of ether oxygens (including phenoxy) is 1. The van der Waals surface area contributed by atoms with Crippen molar-refractivity contribution in [1.82, 2.24) is 4.98 Å². The number of thioether (sulfide) groups is 1. The van der Waals surface area contributed by atoms with E-state index in [-0.39, 0.29) is 5.69 Å². The highest BCUT2D eigenvalue weighted by atomic mass is 79.9. The summed E-state index contributed by atoms with van der Waals surface area (Å²) in [6, 6.07) is 12.4. The van der Waals surface area contributed by atoms with Crippen LogP contribution in [0.2, 0.25) is 0 Å². The fourth-order valence-electron chi connectivity index (χ4n) is 1.89. The third kappa shape index (κ3) is 4.21. The van der Waals surface area contributed by atoms with E-state index >= 15 is 0 Å². The summed E-state index contributed by atoms with van der Waals surface area (Å²) in [5, 5.41) is 10.8. The third-order valence-corrected chi connectivity index (χ3v) is 5.61. The number of hydrogen-bond acceptors (Lipinski definition) is 6. The molecule has 1 heterocycles. The predicted molar refractivity (Wildman–Crippen MR) is 96.6 cm³/mol. The van der Waals surface area contributed by atoms with Gasteiger partial charge in [-0.3, -0.25) is 10.1 Å². The van der Waals surface area contributed by atoms with E-state index in [2.05, 4.69) is 20.9 Å². The average Bonchev–Trinajstić information content (AvgIpc) is 2.95. The molecule has 0 aliphatic heterocycles. The number of benzene rings is 2. The van der Waals surface area contributed by atoms with E-state index < -0.39 is 4.92 Å². The number of aromatic nitrogens is 1. The van der Waals surface area contributed by atoms with Crippen molar-refractivity contribution in [2.45, 2.75) is 4.34 Å². The Balaban J connectivity index is 1.56. The van der Waals surface area contributed by atoms with Gasteiger partial charge in [-0.1, -0.05) is 27.7 Å². The molecule has 0 aliphatic rings. The molecule has 3 rings (SSSR count). The first-order chi connectivity index (χ1) is 11.1. The lowest BCUT2D eigenvalue weighted by atomic mass is 10.3. The minimum Gasteiger partial charge on any atom is -0.493 e. The lowest BCUT2D eigenvalue weighted by Crippen LogP contribution is -1.99. The summed E-state index contributed by atoms with van der Waals surface area (Å²) in [6.07, 6.45) is 0. The Bertz CT molecular complexity index is 836. The second kappa shape index (κ2) is 7.29. The maximum Gasteiger partial charge on any atom is 0.270 e. The van der Waals surface area contributed by atoms with Crippen molar-refractivity contribution in [1.29, 1.82) is 0 Å². The van der Waals surface area contributed by atoms with Gasteiger partial charge in [0.1, 0.15) is 5.75 Å². The number of halogens is 1. The number of rotatable bonds is 6. The molecule has 23 heavy (non-hydrogen) atoms. The summed E-state index contributed by atoms with van der Waals surface area (Å²) in [5.74, 6) is 1.59. The molecule has 0 unspecified atom stereocenters. The van der Waals surface area contributed by atoms with Crippen LogP contribution in [0, 0.1) is 10.1 Å². The molecule has 0 radical (unpaired) electrons. The second-order valence-corrected chi connectivity index (χ2v) is 7.83. The van der Waals surface area contributed by atoms with Crippen molar-refractivity contribution in [2.75, 3.05) is 12.4 Å². The number of thiazole rings is 1. The number of fused-ring (bicyclic) bond motifs is 1. The van der Waals surface area contributed by atoms with Crippen molar-refractivity contribution < 1.29 is 9.66 Å². The summed E-state index contributed by atoms with van der Waals surface area (Å²) >= 11 is 6.43. The van der Waals surface area contributed by atoms with Gasteiger partial charge in [-0.25, -0.2) is 4.98 Å². The lowest BCUT2D eigenvalue weighted by molar-refractivity contribution is -0.384. The maximum atomic E-state index is 10.8. The zero-order valence-electron chi connectivity index (χ0n) is 11.8. The topological polar surface area (TPSA) is 65.3 Å². The van der Waals surface area contributed by atoms with Gasteiger partial charge < -0.3 is 4.74 Å². The van der Waals surface area contributed by atoms with Crippen LogP contribution in [0.25, 0.3) is 10.2 Å². The Morgan fingerprint density at radius 3 is 2.78 bits per heavy atom. The second-order valence-electron chi connectivity index (χ2n) is 4.54. The highest BCUT2D eigenvalue weighted by Gasteiger charge is 2.10. The number of nitrogens with zero attached hydrogens (tertiary/aromatic N) is 2. The molecule has 0 spiro atoms. The first-order valence-corrected chi connectivity index (χ1v) is 9.27. The van der Waals surface area contributed by atoms with Gasteiger partial charge in [0.2, 0.25) is 0 Å². The van der Waals surface area contributed by atoms with Crippen LogP contribution in [0.15, 0.2) is 51.3 Å². The zero-order valence-corrected chi connectivity index (χ0v) is 15.0. The van der Waals surface area contributed by atoms with Crippen LogP contribution in [0.5, 0.6) is 5.75 Å². The molecule has 0 amide bonds. The molecule has 8 heteroatoms. The van der Waals surface area contributed by atoms with Crippen LogP contribution in [-0.4, -0.2) is 22.3 Å². The Morgan fingerprint density at radius 2 is 2.04 bits per heavy atom. The van der Waals surface area contributed by atoms with E-state index in [1.807, 2.05) is 24.3 Å². The van der Waals surface area contributed by atoms with Gasteiger partial charge in [-0.05, 0) is 30.3 Å². The molecular formula is C15H11BrN2O3S2. The van der Waals surface area contributed by atoms with Crippen molar-refractivity contribution in [3.63, 3.8) is 0 Å². The van der Waals surface area contributed by atoms with Gasteiger partial charge >= 0.3 is 0 Å². The summed E-state index contributed by atoms with van der Waals surface area (Å²) in [7, 11) is 0. The highest BCUT2D eigenvalue weighted by Crippen LogP contribution is 2.31. The normalized spacial score (nSPS) is 10.8. The van der Waals surface area contributed by atoms with Gasteiger partial charge in [0.25, 0.3) is 5.69 Å². The molecular weight excluding hydrogens is 400 g/mol. The Kier molecular flexibility index (Phi) is 5.14. The van der Waals surface area contributed by atoms with Crippen molar-refractivity contribution >= 4 is 54.9 Å². The summed E-state index contributed by atoms with van der Waals surface area (Å²) in [6.45, 7) is 0.572. The monoisotopic (exact) mass is 410 g/mol. The van der Waals surface area contributed by atoms with Crippen LogP contribution in [-0.2, 0) is 0 Å². The summed E-state index contributed by atoms with van der Waals surface area (Å²) in [5.41, 5.74) is 0.883. The Hall–Kier alpha value is -1.64. The molecule has 3 aromatic rings. The minimum atomic E-state index is -0.391. The van der Waals surface area contributed by atoms with Gasteiger partial charge in [0.15, 0.2) is 4.34 Å². The number of nitro benzene ring substituents is 1. The first-order valence-electron chi connectivity index (χ1n) is 6.68. The quantitative estimate of drug-likeness (QED) is 0.243. The fraction of sp³-hybridized carbons (Fsp3) is 0.133. The van der Waals surface area contributed by atoms with E-state index in [9.17, 15) is 10.1 Å². The van der Waals surface area contributed by atoms with E-state index in [4.69, 9.17) is 4.74 Å². The summed E-state index contributed by atoms with van der Waals surface area (Å²) < 4.78 is 8.39. The standard InChI is InChI=1S/C15H11BrN2O3S2/c16-10-1-4-12(5-2-10)21-7-8-22-15-17-13-6-3-11(18(19)20)9-14(13)23-15/h1-6,9H,7-8H2. The Morgan fingerprint density at radius 1 is 1.26 bits per heavy atom. The van der Waals surface area contributed by atoms with Crippen LogP contribution >= 0.6 is 39.0 Å². The Labute approximate surface area is 149 Å². The molecule has 1 aromatic heterocycles. The number of non-ortho nitro benzene ring substituents is 1. The summed E-state index contributed by atoms with van der Waals surface area (Å²) in [4.78, 5) is 14.9. The molecule has 0 N–H and O–H groups in total. The van der Waals surface area contributed by atoms with Gasteiger partial charge in [0, 0.05) is 22.4 Å².